The standard InChI is InChI=1S/C8H15NO3S/c1-6(11)8(12)13-4-2-3-7(9)5-10/h7,10H,2-5,9H2,1H3. The van der Waals surface area contributed by atoms with Gasteiger partial charge in [0.25, 0.3) is 5.12 Å². The maximum atomic E-state index is 10.8. The summed E-state index contributed by atoms with van der Waals surface area (Å²) in [6.45, 7) is 1.22. The number of hydrogen-bond acceptors (Lipinski definition) is 5. The summed E-state index contributed by atoms with van der Waals surface area (Å²) in [6, 6.07) is -0.215. The average Bonchev–Trinajstić information content (AvgIpc) is 2.11. The Bertz CT molecular complexity index is 184. The van der Waals surface area contributed by atoms with E-state index in [4.69, 9.17) is 10.8 Å². The second-order valence-electron chi connectivity index (χ2n) is 2.78. The molecule has 76 valence electrons. The van der Waals surface area contributed by atoms with Crippen molar-refractivity contribution < 1.29 is 14.7 Å². The zero-order chi connectivity index (χ0) is 10.3. The van der Waals surface area contributed by atoms with Gasteiger partial charge in [-0.3, -0.25) is 9.59 Å². The zero-order valence-electron chi connectivity index (χ0n) is 7.66. The second kappa shape index (κ2) is 7.06. The number of aliphatic hydroxyl groups excluding tert-OH is 1. The van der Waals surface area contributed by atoms with Gasteiger partial charge in [-0.1, -0.05) is 11.8 Å². The van der Waals surface area contributed by atoms with Gasteiger partial charge >= 0.3 is 0 Å². The highest BCUT2D eigenvalue weighted by atomic mass is 32.2. The number of carbonyl (C=O) groups is 2. The maximum Gasteiger partial charge on any atom is 0.254 e. The molecule has 0 aromatic heterocycles. The molecule has 0 aromatic rings. The first-order valence-corrected chi connectivity index (χ1v) is 5.10. The molecule has 0 aromatic carbocycles. The lowest BCUT2D eigenvalue weighted by atomic mass is 10.2. The van der Waals surface area contributed by atoms with Gasteiger partial charge in [-0.15, -0.1) is 0 Å². The molecular formula is C8H15NO3S. The van der Waals surface area contributed by atoms with E-state index in [9.17, 15) is 9.59 Å². The SMILES string of the molecule is CC(=O)C(=O)SCCCC(N)CO. The summed E-state index contributed by atoms with van der Waals surface area (Å²) in [5, 5.41) is 8.17. The first-order chi connectivity index (χ1) is 6.07. The van der Waals surface area contributed by atoms with E-state index in [2.05, 4.69) is 0 Å². The van der Waals surface area contributed by atoms with Crippen LogP contribution in [0.2, 0.25) is 0 Å². The molecular weight excluding hydrogens is 190 g/mol. The molecule has 0 aliphatic carbocycles. The van der Waals surface area contributed by atoms with Gasteiger partial charge in [-0.25, -0.2) is 0 Å². The fourth-order valence-corrected chi connectivity index (χ4v) is 1.40. The third-order valence-electron chi connectivity index (χ3n) is 1.47. The Kier molecular flexibility index (Phi) is 6.84. The molecule has 0 saturated carbocycles. The van der Waals surface area contributed by atoms with Crippen LogP contribution in [-0.4, -0.2) is 34.4 Å². The van der Waals surface area contributed by atoms with Gasteiger partial charge < -0.3 is 10.8 Å². The predicted molar refractivity (Wildman–Crippen MR) is 52.4 cm³/mol. The number of nitrogens with two attached hydrogens (primary N) is 1. The minimum Gasteiger partial charge on any atom is -0.395 e. The molecule has 0 aliphatic rings. The number of carbonyl (C=O) groups excluding carboxylic acids is 2. The van der Waals surface area contributed by atoms with Crippen LogP contribution in [-0.2, 0) is 9.59 Å². The molecule has 5 heteroatoms. The number of thioether (sulfide) groups is 1. The minimum atomic E-state index is -0.420. The molecule has 0 saturated heterocycles. The smallest absolute Gasteiger partial charge is 0.254 e. The highest BCUT2D eigenvalue weighted by molar-refractivity contribution is 8.15. The summed E-state index contributed by atoms with van der Waals surface area (Å²) >= 11 is 1.01. The van der Waals surface area contributed by atoms with Crippen molar-refractivity contribution in [3.8, 4) is 0 Å². The highest BCUT2D eigenvalue weighted by Crippen LogP contribution is 2.07. The summed E-state index contributed by atoms with van der Waals surface area (Å²) < 4.78 is 0. The fourth-order valence-electron chi connectivity index (χ4n) is 0.703. The molecule has 0 bridgehead atoms. The van der Waals surface area contributed by atoms with E-state index in [1.807, 2.05) is 0 Å². The summed E-state index contributed by atoms with van der Waals surface area (Å²) in [6.07, 6.45) is 1.42. The number of Topliss-reactive ketones (excluding diaryl/α,β-unsaturated/α-hetero) is 1. The van der Waals surface area contributed by atoms with Crippen LogP contribution in [0.3, 0.4) is 0 Å². The number of hydrogen-bond donors (Lipinski definition) is 2. The van der Waals surface area contributed by atoms with E-state index in [1.165, 1.54) is 6.92 Å². The van der Waals surface area contributed by atoms with Crippen LogP contribution in [0.5, 0.6) is 0 Å². The van der Waals surface area contributed by atoms with Gasteiger partial charge in [0, 0.05) is 18.7 Å². The van der Waals surface area contributed by atoms with Crippen molar-refractivity contribution in [1.29, 1.82) is 0 Å². The minimum absolute atomic E-state index is 0.0364. The van der Waals surface area contributed by atoms with Gasteiger partial charge in [-0.05, 0) is 12.8 Å². The lowest BCUT2D eigenvalue weighted by Crippen LogP contribution is -2.24. The van der Waals surface area contributed by atoms with Crippen molar-refractivity contribution in [3.63, 3.8) is 0 Å². The normalized spacial score (nSPS) is 12.5. The Morgan fingerprint density at radius 2 is 2.15 bits per heavy atom. The molecule has 13 heavy (non-hydrogen) atoms. The van der Waals surface area contributed by atoms with Crippen molar-refractivity contribution in [2.75, 3.05) is 12.4 Å². The van der Waals surface area contributed by atoms with E-state index in [1.54, 1.807) is 0 Å². The van der Waals surface area contributed by atoms with Gasteiger partial charge in [0.05, 0.1) is 6.61 Å². The molecule has 1 atom stereocenters. The van der Waals surface area contributed by atoms with Crippen molar-refractivity contribution in [1.82, 2.24) is 0 Å². The summed E-state index contributed by atoms with van der Waals surface area (Å²) in [7, 11) is 0. The second-order valence-corrected chi connectivity index (χ2v) is 3.84. The molecule has 0 fully saturated rings. The molecule has 0 heterocycles. The lowest BCUT2D eigenvalue weighted by Gasteiger charge is -2.05. The van der Waals surface area contributed by atoms with Crippen LogP contribution in [0.15, 0.2) is 0 Å². The molecule has 0 radical (unpaired) electrons. The molecule has 0 rings (SSSR count). The fraction of sp³-hybridized carbons (Fsp3) is 0.750. The van der Waals surface area contributed by atoms with Crippen molar-refractivity contribution in [3.05, 3.63) is 0 Å². The van der Waals surface area contributed by atoms with Crippen LogP contribution in [0, 0.1) is 0 Å². The van der Waals surface area contributed by atoms with E-state index in [-0.39, 0.29) is 12.6 Å². The molecule has 4 nitrogen and oxygen atoms in total. The van der Waals surface area contributed by atoms with Crippen LogP contribution >= 0.6 is 11.8 Å². The first kappa shape index (κ1) is 12.6. The van der Waals surface area contributed by atoms with Gasteiger partial charge in [0.15, 0.2) is 0 Å². The van der Waals surface area contributed by atoms with Gasteiger partial charge in [-0.2, -0.15) is 0 Å². The number of ketones is 1. The Morgan fingerprint density at radius 1 is 1.54 bits per heavy atom. The van der Waals surface area contributed by atoms with E-state index < -0.39 is 10.9 Å². The Hall–Kier alpha value is -0.390. The lowest BCUT2D eigenvalue weighted by molar-refractivity contribution is -0.130. The first-order valence-electron chi connectivity index (χ1n) is 4.12. The topological polar surface area (TPSA) is 80.4 Å². The van der Waals surface area contributed by atoms with Gasteiger partial charge in [0.1, 0.15) is 0 Å². The van der Waals surface area contributed by atoms with Crippen molar-refractivity contribution in [2.24, 2.45) is 5.73 Å². The zero-order valence-corrected chi connectivity index (χ0v) is 8.47. The molecule has 0 aliphatic heterocycles. The third-order valence-corrected chi connectivity index (χ3v) is 2.52. The Morgan fingerprint density at radius 3 is 2.62 bits per heavy atom. The number of aliphatic hydroxyl groups is 1. The predicted octanol–water partition coefficient (Wildman–Crippen LogP) is -0.0650. The van der Waals surface area contributed by atoms with E-state index >= 15 is 0 Å². The Balaban J connectivity index is 3.36. The third kappa shape index (κ3) is 6.74. The molecule has 0 amide bonds. The van der Waals surface area contributed by atoms with Crippen molar-refractivity contribution in [2.45, 2.75) is 25.8 Å². The quantitative estimate of drug-likeness (QED) is 0.469. The largest absolute Gasteiger partial charge is 0.395 e. The highest BCUT2D eigenvalue weighted by Gasteiger charge is 2.08. The summed E-state index contributed by atoms with van der Waals surface area (Å²) in [4.78, 5) is 21.3. The maximum absolute atomic E-state index is 10.8. The Labute approximate surface area is 81.9 Å². The van der Waals surface area contributed by atoms with Crippen LogP contribution in [0.25, 0.3) is 0 Å². The molecule has 3 N–H and O–H groups in total. The van der Waals surface area contributed by atoms with Crippen molar-refractivity contribution >= 4 is 22.7 Å². The summed E-state index contributed by atoms with van der Waals surface area (Å²) in [5.41, 5.74) is 5.44. The van der Waals surface area contributed by atoms with E-state index in [0.717, 1.165) is 18.2 Å². The summed E-state index contributed by atoms with van der Waals surface area (Å²) in [5.74, 6) is 0.169. The molecule has 0 spiro atoms. The van der Waals surface area contributed by atoms with Crippen LogP contribution in [0.4, 0.5) is 0 Å². The van der Waals surface area contributed by atoms with Gasteiger partial charge in [0.2, 0.25) is 5.78 Å². The monoisotopic (exact) mass is 205 g/mol. The average molecular weight is 205 g/mol. The van der Waals surface area contributed by atoms with E-state index in [0.29, 0.717) is 12.2 Å². The molecule has 1 unspecified atom stereocenters. The number of rotatable bonds is 6. The van der Waals surface area contributed by atoms with Crippen LogP contribution in [0.1, 0.15) is 19.8 Å². The van der Waals surface area contributed by atoms with Crippen LogP contribution < -0.4 is 5.73 Å².